The van der Waals surface area contributed by atoms with Gasteiger partial charge in [-0.3, -0.25) is 14.5 Å². The van der Waals surface area contributed by atoms with Crippen LogP contribution in [-0.2, 0) is 14.3 Å². The fourth-order valence-corrected chi connectivity index (χ4v) is 6.36. The van der Waals surface area contributed by atoms with Crippen LogP contribution in [0.5, 0.6) is 0 Å². The van der Waals surface area contributed by atoms with Gasteiger partial charge in [0.25, 0.3) is 0 Å². The van der Waals surface area contributed by atoms with Crippen molar-refractivity contribution in [1.82, 2.24) is 15.1 Å². The summed E-state index contributed by atoms with van der Waals surface area (Å²) in [6.45, 7) is 5.08. The van der Waals surface area contributed by atoms with Crippen molar-refractivity contribution < 1.29 is 14.3 Å². The van der Waals surface area contributed by atoms with Crippen molar-refractivity contribution in [3.8, 4) is 16.9 Å². The highest BCUT2D eigenvalue weighted by Gasteiger charge is 2.38. The number of methoxy groups -OCH3 is 1. The molecular weight excluding hydrogens is 520 g/mol. The minimum Gasteiger partial charge on any atom is -0.385 e. The van der Waals surface area contributed by atoms with Crippen LogP contribution in [0, 0.1) is 13.8 Å². The van der Waals surface area contributed by atoms with E-state index >= 15 is 0 Å². The number of amides is 2. The third kappa shape index (κ3) is 5.69. The molecule has 1 aliphatic heterocycles. The molecule has 1 N–H and O–H groups in total. The zero-order valence-corrected chi connectivity index (χ0v) is 23.9. The Bertz CT molecular complexity index is 1500. The van der Waals surface area contributed by atoms with Crippen LogP contribution >= 0.6 is 11.8 Å². The van der Waals surface area contributed by atoms with Gasteiger partial charge in [0.1, 0.15) is 12.4 Å². The number of fused-ring (bicyclic) bond motifs is 1. The van der Waals surface area contributed by atoms with Crippen LogP contribution in [-0.4, -0.2) is 54.2 Å². The van der Waals surface area contributed by atoms with E-state index in [1.807, 2.05) is 78.3 Å². The van der Waals surface area contributed by atoms with E-state index < -0.39 is 0 Å². The molecule has 7 nitrogen and oxygen atoms in total. The number of para-hydroxylation sites is 1. The van der Waals surface area contributed by atoms with Gasteiger partial charge in [0, 0.05) is 31.4 Å². The highest BCUT2D eigenvalue weighted by molar-refractivity contribution is 8.00. The molecule has 1 unspecified atom stereocenters. The summed E-state index contributed by atoms with van der Waals surface area (Å²) >= 11 is 1.59. The fraction of sp³-hybridized carbons (Fsp3) is 0.281. The summed E-state index contributed by atoms with van der Waals surface area (Å²) < 4.78 is 6.97. The Kier molecular flexibility index (Phi) is 8.67. The van der Waals surface area contributed by atoms with E-state index in [0.29, 0.717) is 25.4 Å². The monoisotopic (exact) mass is 554 g/mol. The quantitative estimate of drug-likeness (QED) is 0.278. The van der Waals surface area contributed by atoms with Gasteiger partial charge in [-0.15, -0.1) is 11.8 Å². The van der Waals surface area contributed by atoms with Crippen molar-refractivity contribution in [3.05, 3.63) is 101 Å². The van der Waals surface area contributed by atoms with Gasteiger partial charge in [0.2, 0.25) is 11.8 Å². The molecule has 0 spiro atoms. The van der Waals surface area contributed by atoms with Crippen LogP contribution in [0.3, 0.4) is 0 Å². The molecule has 40 heavy (non-hydrogen) atoms. The number of hydrogen-bond acceptors (Lipinski definition) is 5. The number of carbonyl (C=O) groups excluding carboxylic acids is 2. The minimum atomic E-state index is -0.214. The second-order valence-electron chi connectivity index (χ2n) is 9.87. The molecule has 0 saturated carbocycles. The Balaban J connectivity index is 1.73. The molecule has 0 radical (unpaired) electrons. The van der Waals surface area contributed by atoms with Crippen LogP contribution < -0.4 is 10.2 Å². The second kappa shape index (κ2) is 12.5. The van der Waals surface area contributed by atoms with Gasteiger partial charge in [0.05, 0.1) is 22.4 Å². The number of benzene rings is 3. The molecule has 1 atom stereocenters. The van der Waals surface area contributed by atoms with Gasteiger partial charge < -0.3 is 10.1 Å². The summed E-state index contributed by atoms with van der Waals surface area (Å²) in [5, 5.41) is 7.98. The molecule has 2 heterocycles. The Hall–Kier alpha value is -3.88. The summed E-state index contributed by atoms with van der Waals surface area (Å²) in [4.78, 5) is 28.6. The number of aryl methyl sites for hydroxylation is 2. The third-order valence-corrected chi connectivity index (χ3v) is 8.34. The molecule has 0 bridgehead atoms. The van der Waals surface area contributed by atoms with Crippen LogP contribution in [0.2, 0.25) is 0 Å². The Morgan fingerprint density at radius 3 is 2.42 bits per heavy atom. The van der Waals surface area contributed by atoms with Gasteiger partial charge in [-0.05, 0) is 43.0 Å². The molecule has 206 valence electrons. The second-order valence-corrected chi connectivity index (χ2v) is 11.0. The Morgan fingerprint density at radius 1 is 1.00 bits per heavy atom. The first kappa shape index (κ1) is 27.7. The van der Waals surface area contributed by atoms with Gasteiger partial charge in [-0.2, -0.15) is 5.10 Å². The summed E-state index contributed by atoms with van der Waals surface area (Å²) in [7, 11) is 1.64. The number of rotatable bonds is 9. The average Bonchev–Trinajstić information content (AvgIpc) is 3.29. The van der Waals surface area contributed by atoms with Gasteiger partial charge in [-0.1, -0.05) is 72.8 Å². The lowest BCUT2D eigenvalue weighted by Gasteiger charge is -2.24. The predicted molar refractivity (Wildman–Crippen MR) is 161 cm³/mol. The van der Waals surface area contributed by atoms with E-state index in [1.165, 1.54) is 0 Å². The molecular formula is C32H34N4O3S. The number of aromatic nitrogens is 2. The van der Waals surface area contributed by atoms with Crippen molar-refractivity contribution in [2.45, 2.75) is 25.5 Å². The van der Waals surface area contributed by atoms with Crippen molar-refractivity contribution in [1.29, 1.82) is 0 Å². The molecule has 5 rings (SSSR count). The number of nitrogens with zero attached hydrogens (tertiary/aromatic N) is 3. The average molecular weight is 555 g/mol. The van der Waals surface area contributed by atoms with E-state index in [1.54, 1.807) is 23.8 Å². The number of carbonyl (C=O) groups is 2. The normalized spacial score (nSPS) is 15.0. The van der Waals surface area contributed by atoms with Crippen molar-refractivity contribution in [2.75, 3.05) is 37.5 Å². The summed E-state index contributed by atoms with van der Waals surface area (Å²) in [6, 6.07) is 26.4. The van der Waals surface area contributed by atoms with Crippen LogP contribution in [0.1, 0.15) is 33.9 Å². The van der Waals surface area contributed by atoms with Crippen molar-refractivity contribution in [3.63, 3.8) is 0 Å². The number of anilines is 1. The zero-order chi connectivity index (χ0) is 28.1. The highest BCUT2D eigenvalue weighted by Crippen LogP contribution is 2.49. The van der Waals surface area contributed by atoms with Crippen molar-refractivity contribution >= 4 is 29.4 Å². The fourth-order valence-electron chi connectivity index (χ4n) is 5.07. The lowest BCUT2D eigenvalue weighted by atomic mass is 9.96. The lowest BCUT2D eigenvalue weighted by Crippen LogP contribution is -2.42. The highest BCUT2D eigenvalue weighted by atomic mass is 32.2. The molecule has 4 aromatic rings. The van der Waals surface area contributed by atoms with Gasteiger partial charge >= 0.3 is 0 Å². The molecule has 1 aromatic heterocycles. The summed E-state index contributed by atoms with van der Waals surface area (Å²) in [6.07, 6.45) is 0.700. The van der Waals surface area contributed by atoms with Crippen LogP contribution in [0.4, 0.5) is 5.82 Å². The number of hydrogen-bond donors (Lipinski definition) is 1. The maximum atomic E-state index is 13.8. The molecule has 0 saturated heterocycles. The molecule has 3 aromatic carbocycles. The summed E-state index contributed by atoms with van der Waals surface area (Å²) in [5.74, 6) is 0.549. The molecule has 8 heteroatoms. The smallest absolute Gasteiger partial charge is 0.240 e. The maximum Gasteiger partial charge on any atom is 0.240 e. The van der Waals surface area contributed by atoms with E-state index in [4.69, 9.17) is 9.84 Å². The van der Waals surface area contributed by atoms with Crippen LogP contribution in [0.25, 0.3) is 16.9 Å². The first-order valence-electron chi connectivity index (χ1n) is 13.5. The van der Waals surface area contributed by atoms with E-state index in [2.05, 4.69) is 24.4 Å². The maximum absolute atomic E-state index is 13.8. The first-order chi connectivity index (χ1) is 19.5. The molecule has 0 aliphatic carbocycles. The largest absolute Gasteiger partial charge is 0.385 e. The lowest BCUT2D eigenvalue weighted by molar-refractivity contribution is -0.122. The number of nitrogens with one attached hydrogen (secondary N) is 1. The molecule has 0 fully saturated rings. The molecule has 2 amide bonds. The Labute approximate surface area is 239 Å². The third-order valence-electron chi connectivity index (χ3n) is 7.10. The predicted octanol–water partition coefficient (Wildman–Crippen LogP) is 5.48. The van der Waals surface area contributed by atoms with E-state index in [9.17, 15) is 9.59 Å². The number of thioether (sulfide) groups is 1. The first-order valence-corrected chi connectivity index (χ1v) is 14.5. The van der Waals surface area contributed by atoms with Gasteiger partial charge in [-0.25, -0.2) is 4.68 Å². The SMILES string of the molecule is COCCCNC(=O)CN1C(=O)CSC(c2ccccc2C)c2c(-c3ccccc3)nn(-c3ccccc3C)c21. The van der Waals surface area contributed by atoms with E-state index in [0.717, 1.165) is 39.2 Å². The van der Waals surface area contributed by atoms with Crippen molar-refractivity contribution in [2.24, 2.45) is 0 Å². The topological polar surface area (TPSA) is 76.5 Å². The van der Waals surface area contributed by atoms with E-state index in [-0.39, 0.29) is 29.4 Å². The Morgan fingerprint density at radius 2 is 1.70 bits per heavy atom. The van der Waals surface area contributed by atoms with Crippen LogP contribution in [0.15, 0.2) is 78.9 Å². The minimum absolute atomic E-state index is 0.0916. The number of ether oxygens (including phenoxy) is 1. The summed E-state index contributed by atoms with van der Waals surface area (Å²) in [5.41, 5.74) is 6.87. The molecule has 1 aliphatic rings. The zero-order valence-electron chi connectivity index (χ0n) is 23.1. The van der Waals surface area contributed by atoms with Gasteiger partial charge in [0.15, 0.2) is 0 Å². The standard InChI is InChI=1S/C32H34N4O3S/c1-22-12-7-9-16-25(22)31-29-30(24-14-5-4-6-15-24)34-36(26-17-10-8-13-23(26)2)32(29)35(28(38)21-40-31)20-27(37)33-18-11-19-39-3/h4-10,12-17,31H,11,18-21H2,1-3H3,(H,33,37).